The minimum Gasteiger partial charge on any atom is -0.381 e. The molecule has 2 amide bonds. The number of rotatable bonds is 6. The van der Waals surface area contributed by atoms with E-state index < -0.39 is 0 Å². The summed E-state index contributed by atoms with van der Waals surface area (Å²) < 4.78 is 5.56. The highest BCUT2D eigenvalue weighted by Crippen LogP contribution is 2.40. The molecule has 0 bridgehead atoms. The van der Waals surface area contributed by atoms with Crippen molar-refractivity contribution in [2.45, 2.75) is 31.8 Å². The smallest absolute Gasteiger partial charge is 0.255 e. The van der Waals surface area contributed by atoms with Crippen LogP contribution in [-0.4, -0.2) is 42.1 Å². The van der Waals surface area contributed by atoms with E-state index in [9.17, 15) is 9.59 Å². The van der Waals surface area contributed by atoms with Gasteiger partial charge in [0.15, 0.2) is 0 Å². The van der Waals surface area contributed by atoms with Crippen molar-refractivity contribution in [3.63, 3.8) is 0 Å². The number of ether oxygens (including phenoxy) is 1. The third-order valence-electron chi connectivity index (χ3n) is 6.83. The minimum absolute atomic E-state index is 0.0412. The maximum Gasteiger partial charge on any atom is 0.255 e. The minimum atomic E-state index is -0.356. The lowest BCUT2D eigenvalue weighted by molar-refractivity contribution is -0.119. The van der Waals surface area contributed by atoms with Crippen molar-refractivity contribution in [2.75, 3.05) is 33.6 Å². The Labute approximate surface area is 221 Å². The van der Waals surface area contributed by atoms with Gasteiger partial charge in [-0.05, 0) is 56.2 Å². The monoisotopic (exact) mass is 508 g/mol. The molecule has 5 rings (SSSR count). The lowest BCUT2D eigenvalue weighted by atomic mass is 10.00. The van der Waals surface area contributed by atoms with Crippen molar-refractivity contribution < 1.29 is 14.3 Å². The van der Waals surface area contributed by atoms with Crippen molar-refractivity contribution in [1.82, 2.24) is 4.98 Å². The van der Waals surface area contributed by atoms with Crippen LogP contribution in [0.25, 0.3) is 0 Å². The van der Waals surface area contributed by atoms with E-state index in [1.807, 2.05) is 19.1 Å². The van der Waals surface area contributed by atoms with Crippen LogP contribution in [0.4, 0.5) is 28.6 Å². The number of nitriles is 1. The molecule has 9 heteroatoms. The number of pyridine rings is 1. The predicted molar refractivity (Wildman–Crippen MR) is 147 cm³/mol. The van der Waals surface area contributed by atoms with E-state index in [4.69, 9.17) is 10.00 Å². The number of nitrogens with one attached hydrogen (secondary N) is 2. The Hall–Kier alpha value is -4.68. The standard InChI is InChI=1S/C29H28N6O3/c1-3-34-26-18-31-27(16-25(26)35(19(2)29(34)37)24-10-12-38-13-11-24)32-23-9-5-7-21(15-23)28(36)33-22-8-4-6-20(14-22)17-30/h3-9,14-16,18-19,24H,1,10-13H2,2H3,(H,31,32)(H,33,36). The molecule has 2 aromatic carbocycles. The van der Waals surface area contributed by atoms with E-state index in [-0.39, 0.29) is 23.9 Å². The van der Waals surface area contributed by atoms with E-state index in [1.54, 1.807) is 53.6 Å². The molecule has 1 saturated heterocycles. The molecule has 1 aromatic heterocycles. The molecule has 2 aliphatic rings. The second-order valence-corrected chi connectivity index (χ2v) is 9.23. The van der Waals surface area contributed by atoms with Crippen molar-refractivity contribution in [3.05, 3.63) is 84.7 Å². The van der Waals surface area contributed by atoms with Crippen LogP contribution in [0.5, 0.6) is 0 Å². The molecule has 3 heterocycles. The van der Waals surface area contributed by atoms with E-state index in [0.29, 0.717) is 47.2 Å². The summed E-state index contributed by atoms with van der Waals surface area (Å²) in [5, 5.41) is 15.2. The maximum absolute atomic E-state index is 13.1. The first-order valence-corrected chi connectivity index (χ1v) is 12.5. The molecule has 0 radical (unpaired) electrons. The van der Waals surface area contributed by atoms with Gasteiger partial charge in [0.25, 0.3) is 11.8 Å². The first-order chi connectivity index (χ1) is 18.5. The van der Waals surface area contributed by atoms with Crippen LogP contribution in [0.15, 0.2) is 73.6 Å². The van der Waals surface area contributed by atoms with Gasteiger partial charge >= 0.3 is 0 Å². The average Bonchev–Trinajstić information content (AvgIpc) is 2.95. The summed E-state index contributed by atoms with van der Waals surface area (Å²) in [4.78, 5) is 34.2. The SMILES string of the molecule is C=CN1C(=O)C(C)N(C2CCOCC2)c2cc(Nc3cccc(C(=O)Nc4cccc(C#N)c4)c3)ncc21. The van der Waals surface area contributed by atoms with Gasteiger partial charge < -0.3 is 20.3 Å². The van der Waals surface area contributed by atoms with Gasteiger partial charge in [-0.25, -0.2) is 4.98 Å². The number of carbonyl (C=O) groups excluding carboxylic acids is 2. The summed E-state index contributed by atoms with van der Waals surface area (Å²) in [5.41, 5.74) is 3.75. The van der Waals surface area contributed by atoms with Crippen LogP contribution in [-0.2, 0) is 9.53 Å². The Morgan fingerprint density at radius 3 is 2.66 bits per heavy atom. The molecular weight excluding hydrogens is 480 g/mol. The summed E-state index contributed by atoms with van der Waals surface area (Å²) >= 11 is 0. The summed E-state index contributed by atoms with van der Waals surface area (Å²) in [6.45, 7) is 7.07. The number of amides is 2. The van der Waals surface area contributed by atoms with Gasteiger partial charge in [-0.1, -0.05) is 18.7 Å². The Kier molecular flexibility index (Phi) is 7.07. The van der Waals surface area contributed by atoms with Gasteiger partial charge in [0.2, 0.25) is 0 Å². The van der Waals surface area contributed by atoms with Crippen molar-refractivity contribution >= 4 is 40.4 Å². The fourth-order valence-electron chi connectivity index (χ4n) is 4.97. The van der Waals surface area contributed by atoms with Crippen molar-refractivity contribution in [1.29, 1.82) is 5.26 Å². The molecule has 0 spiro atoms. The highest BCUT2D eigenvalue weighted by Gasteiger charge is 2.39. The molecule has 1 unspecified atom stereocenters. The average molecular weight is 509 g/mol. The molecule has 2 N–H and O–H groups in total. The zero-order chi connectivity index (χ0) is 26.6. The largest absolute Gasteiger partial charge is 0.381 e. The van der Waals surface area contributed by atoms with Gasteiger partial charge in [0, 0.05) is 48.5 Å². The van der Waals surface area contributed by atoms with E-state index in [1.165, 1.54) is 6.20 Å². The lowest BCUT2D eigenvalue weighted by Crippen LogP contribution is -2.55. The molecule has 1 fully saturated rings. The molecule has 9 nitrogen and oxygen atoms in total. The maximum atomic E-state index is 13.1. The Bertz CT molecular complexity index is 1430. The van der Waals surface area contributed by atoms with Crippen molar-refractivity contribution in [2.24, 2.45) is 0 Å². The number of fused-ring (bicyclic) bond motifs is 1. The normalized spacial score (nSPS) is 17.4. The van der Waals surface area contributed by atoms with Gasteiger partial charge in [-0.3, -0.25) is 14.5 Å². The summed E-state index contributed by atoms with van der Waals surface area (Å²) in [5.74, 6) is 0.257. The molecule has 0 saturated carbocycles. The molecular formula is C29H28N6O3. The predicted octanol–water partition coefficient (Wildman–Crippen LogP) is 4.81. The number of hydrogen-bond acceptors (Lipinski definition) is 7. The molecule has 2 aliphatic heterocycles. The van der Waals surface area contributed by atoms with Crippen molar-refractivity contribution in [3.8, 4) is 6.07 Å². The number of carbonyl (C=O) groups is 2. The van der Waals surface area contributed by atoms with Gasteiger partial charge in [0.05, 0.1) is 29.2 Å². The summed E-state index contributed by atoms with van der Waals surface area (Å²) in [6, 6.07) is 17.7. The molecule has 3 aromatic rings. The van der Waals surface area contributed by atoms with E-state index in [2.05, 4.69) is 33.2 Å². The zero-order valence-electron chi connectivity index (χ0n) is 21.1. The molecule has 38 heavy (non-hydrogen) atoms. The molecule has 0 aliphatic carbocycles. The third kappa shape index (κ3) is 4.94. The topological polar surface area (TPSA) is 111 Å². The van der Waals surface area contributed by atoms with Crippen LogP contribution < -0.4 is 20.4 Å². The van der Waals surface area contributed by atoms with Crippen LogP contribution in [0.1, 0.15) is 35.7 Å². The van der Waals surface area contributed by atoms with E-state index in [0.717, 1.165) is 18.5 Å². The first kappa shape index (κ1) is 25.0. The number of hydrogen-bond donors (Lipinski definition) is 2. The Balaban J connectivity index is 1.41. The Morgan fingerprint density at radius 1 is 1.13 bits per heavy atom. The number of aromatic nitrogens is 1. The van der Waals surface area contributed by atoms with Crippen LogP contribution in [0.3, 0.4) is 0 Å². The lowest BCUT2D eigenvalue weighted by Gasteiger charge is -2.45. The fourth-order valence-corrected chi connectivity index (χ4v) is 4.97. The number of anilines is 5. The molecule has 192 valence electrons. The highest BCUT2D eigenvalue weighted by molar-refractivity contribution is 6.07. The molecule has 1 atom stereocenters. The fraction of sp³-hybridized carbons (Fsp3) is 0.241. The quantitative estimate of drug-likeness (QED) is 0.491. The summed E-state index contributed by atoms with van der Waals surface area (Å²) in [6.07, 6.45) is 4.88. The number of benzene rings is 2. The van der Waals surface area contributed by atoms with Gasteiger partial charge in [-0.2, -0.15) is 5.26 Å². The van der Waals surface area contributed by atoms with Gasteiger partial charge in [-0.15, -0.1) is 0 Å². The second-order valence-electron chi connectivity index (χ2n) is 9.23. The first-order valence-electron chi connectivity index (χ1n) is 12.5. The number of nitrogens with zero attached hydrogens (tertiary/aromatic N) is 4. The second kappa shape index (κ2) is 10.7. The summed E-state index contributed by atoms with van der Waals surface area (Å²) in [7, 11) is 0. The third-order valence-corrected chi connectivity index (χ3v) is 6.83. The van der Waals surface area contributed by atoms with Crippen LogP contribution >= 0.6 is 0 Å². The van der Waals surface area contributed by atoms with Crippen LogP contribution in [0.2, 0.25) is 0 Å². The van der Waals surface area contributed by atoms with E-state index >= 15 is 0 Å². The highest BCUT2D eigenvalue weighted by atomic mass is 16.5. The van der Waals surface area contributed by atoms with Gasteiger partial charge in [0.1, 0.15) is 11.9 Å². The van der Waals surface area contributed by atoms with Crippen LogP contribution in [0, 0.1) is 11.3 Å². The Morgan fingerprint density at radius 2 is 1.89 bits per heavy atom. The zero-order valence-corrected chi connectivity index (χ0v) is 21.1.